The Morgan fingerprint density at radius 1 is 0.467 bits per heavy atom. The van der Waals surface area contributed by atoms with Gasteiger partial charge in [-0.25, -0.2) is 0 Å². The lowest BCUT2D eigenvalue weighted by Gasteiger charge is -1.69. The van der Waals surface area contributed by atoms with E-state index in [0.29, 0.717) is 0 Å². The molecule has 0 atom stereocenters. The van der Waals surface area contributed by atoms with Crippen molar-refractivity contribution < 1.29 is 0 Å². The molecule has 15 heavy (non-hydrogen) atoms. The zero-order chi connectivity index (χ0) is 10.6. The van der Waals surface area contributed by atoms with Crippen molar-refractivity contribution in [2.75, 3.05) is 0 Å². The van der Waals surface area contributed by atoms with E-state index in [9.17, 15) is 0 Å². The Morgan fingerprint density at radius 3 is 1.00 bits per heavy atom. The summed E-state index contributed by atoms with van der Waals surface area (Å²) >= 11 is 0. The Labute approximate surface area is 93.4 Å². The molecule has 3 aliphatic carbocycles. The fourth-order valence-corrected chi connectivity index (χ4v) is 1.37. The molecule has 0 heteroatoms. The van der Waals surface area contributed by atoms with E-state index in [0.717, 1.165) is 12.8 Å². The normalized spacial score (nSPS) is 18.7. The lowest BCUT2D eigenvalue weighted by molar-refractivity contribution is 0.929. The van der Waals surface area contributed by atoms with Crippen molar-refractivity contribution in [3.63, 3.8) is 0 Å². The van der Waals surface area contributed by atoms with Crippen LogP contribution in [0.2, 0.25) is 0 Å². The fourth-order valence-electron chi connectivity index (χ4n) is 1.37. The highest BCUT2D eigenvalue weighted by molar-refractivity contribution is 5.12. The molecule has 0 saturated carbocycles. The van der Waals surface area contributed by atoms with Gasteiger partial charge in [0, 0.05) is 0 Å². The minimum Gasteiger partial charge on any atom is -0.0885 e. The van der Waals surface area contributed by atoms with Crippen LogP contribution < -0.4 is 0 Å². The molecule has 0 aromatic heterocycles. The molecule has 3 rings (SSSR count). The van der Waals surface area contributed by atoms with Crippen LogP contribution in [-0.2, 0) is 0 Å². The standard InChI is InChI=1S/C5H8.2C5H6/c3*1-2-4-5-3-1/h1-2H,3-5H2;2*1-4H,5H2. The third-order valence-electron chi connectivity index (χ3n) is 2.22. The topological polar surface area (TPSA) is 0 Å². The van der Waals surface area contributed by atoms with Crippen LogP contribution in [0.5, 0.6) is 0 Å². The third-order valence-corrected chi connectivity index (χ3v) is 2.22. The largest absolute Gasteiger partial charge is 0.0885 e. The summed E-state index contributed by atoms with van der Waals surface area (Å²) in [5.74, 6) is 0. The molecule has 0 saturated heterocycles. The molecule has 0 aliphatic heterocycles. The molecule has 0 amide bonds. The van der Waals surface area contributed by atoms with E-state index in [4.69, 9.17) is 0 Å². The highest BCUT2D eigenvalue weighted by Gasteiger charge is 1.84. The highest BCUT2D eigenvalue weighted by Crippen LogP contribution is 2.05. The van der Waals surface area contributed by atoms with Gasteiger partial charge in [-0.2, -0.15) is 0 Å². The first-order valence-electron chi connectivity index (χ1n) is 5.78. The predicted octanol–water partition coefficient (Wildman–Crippen LogP) is 4.73. The molecule has 80 valence electrons. The van der Waals surface area contributed by atoms with Gasteiger partial charge in [-0.1, -0.05) is 60.8 Å². The molecule has 0 nitrogen and oxygen atoms in total. The van der Waals surface area contributed by atoms with Crippen LogP contribution in [0.15, 0.2) is 60.8 Å². The smallest absolute Gasteiger partial charge is 0.0163 e. The first kappa shape index (κ1) is 11.8. The Kier molecular flexibility index (Phi) is 7.27. The summed E-state index contributed by atoms with van der Waals surface area (Å²) in [5.41, 5.74) is 0. The number of hydrogen-bond acceptors (Lipinski definition) is 0. The molecular formula is C15H20. The minimum atomic E-state index is 1.14. The molecule has 0 bridgehead atoms. The molecule has 0 aromatic carbocycles. The van der Waals surface area contributed by atoms with Crippen molar-refractivity contribution in [2.45, 2.75) is 32.1 Å². The Morgan fingerprint density at radius 2 is 0.867 bits per heavy atom. The first-order chi connectivity index (χ1) is 7.50. The van der Waals surface area contributed by atoms with Gasteiger partial charge in [0.1, 0.15) is 0 Å². The van der Waals surface area contributed by atoms with Crippen LogP contribution in [0, 0.1) is 0 Å². The fraction of sp³-hybridized carbons (Fsp3) is 0.333. The van der Waals surface area contributed by atoms with Crippen molar-refractivity contribution >= 4 is 0 Å². The van der Waals surface area contributed by atoms with E-state index >= 15 is 0 Å². The summed E-state index contributed by atoms with van der Waals surface area (Å²) in [7, 11) is 0. The highest BCUT2D eigenvalue weighted by atomic mass is 13.9. The zero-order valence-electron chi connectivity index (χ0n) is 9.31. The zero-order valence-corrected chi connectivity index (χ0v) is 9.31. The summed E-state index contributed by atoms with van der Waals surface area (Å²) in [4.78, 5) is 0. The van der Waals surface area contributed by atoms with Crippen LogP contribution in [0.25, 0.3) is 0 Å². The van der Waals surface area contributed by atoms with Gasteiger partial charge in [-0.3, -0.25) is 0 Å². The number of allylic oxidation sites excluding steroid dienone is 10. The Bertz CT molecular complexity index is 226. The van der Waals surface area contributed by atoms with Crippen LogP contribution in [0.4, 0.5) is 0 Å². The lowest BCUT2D eigenvalue weighted by Crippen LogP contribution is -1.50. The van der Waals surface area contributed by atoms with Gasteiger partial charge in [-0.05, 0) is 32.1 Å². The molecule has 0 fully saturated rings. The van der Waals surface area contributed by atoms with Crippen molar-refractivity contribution in [1.82, 2.24) is 0 Å². The van der Waals surface area contributed by atoms with Gasteiger partial charge < -0.3 is 0 Å². The minimum absolute atomic E-state index is 1.14. The molecule has 0 spiro atoms. The summed E-state index contributed by atoms with van der Waals surface area (Å²) < 4.78 is 0. The van der Waals surface area contributed by atoms with Crippen molar-refractivity contribution in [3.8, 4) is 0 Å². The molecular weight excluding hydrogens is 180 g/mol. The lowest BCUT2D eigenvalue weighted by atomic mass is 10.4. The summed E-state index contributed by atoms with van der Waals surface area (Å²) in [6.45, 7) is 0. The van der Waals surface area contributed by atoms with Crippen molar-refractivity contribution in [1.29, 1.82) is 0 Å². The van der Waals surface area contributed by atoms with Gasteiger partial charge in [0.2, 0.25) is 0 Å². The van der Waals surface area contributed by atoms with E-state index < -0.39 is 0 Å². The molecule has 0 radical (unpaired) electrons. The van der Waals surface area contributed by atoms with E-state index in [1.54, 1.807) is 0 Å². The first-order valence-corrected chi connectivity index (χ1v) is 5.78. The second-order valence-electron chi connectivity index (χ2n) is 3.59. The van der Waals surface area contributed by atoms with Crippen LogP contribution >= 0.6 is 0 Å². The second-order valence-corrected chi connectivity index (χ2v) is 3.59. The van der Waals surface area contributed by atoms with E-state index in [-0.39, 0.29) is 0 Å². The molecule has 0 N–H and O–H groups in total. The van der Waals surface area contributed by atoms with Gasteiger partial charge in [0.05, 0.1) is 0 Å². The van der Waals surface area contributed by atoms with Gasteiger partial charge in [0.15, 0.2) is 0 Å². The van der Waals surface area contributed by atoms with Crippen molar-refractivity contribution in [3.05, 3.63) is 60.8 Å². The van der Waals surface area contributed by atoms with E-state index in [1.165, 1.54) is 19.3 Å². The summed E-state index contributed by atoms with van der Waals surface area (Å²) in [6.07, 6.45) is 27.5. The van der Waals surface area contributed by atoms with Crippen molar-refractivity contribution in [2.24, 2.45) is 0 Å². The Hall–Kier alpha value is -1.30. The monoisotopic (exact) mass is 200 g/mol. The summed E-state index contributed by atoms with van der Waals surface area (Å²) in [6, 6.07) is 0. The average Bonchev–Trinajstić information content (AvgIpc) is 3.09. The van der Waals surface area contributed by atoms with E-state index in [2.05, 4.69) is 60.8 Å². The van der Waals surface area contributed by atoms with Gasteiger partial charge in [-0.15, -0.1) is 0 Å². The molecule has 0 unspecified atom stereocenters. The van der Waals surface area contributed by atoms with E-state index in [1.807, 2.05) is 0 Å². The predicted molar refractivity (Wildman–Crippen MR) is 68.8 cm³/mol. The molecule has 3 aliphatic rings. The van der Waals surface area contributed by atoms with Crippen LogP contribution in [-0.4, -0.2) is 0 Å². The number of rotatable bonds is 0. The summed E-state index contributed by atoms with van der Waals surface area (Å²) in [5, 5.41) is 0. The molecule has 0 heterocycles. The Balaban J connectivity index is 0.000000112. The quantitative estimate of drug-likeness (QED) is 0.496. The van der Waals surface area contributed by atoms with Gasteiger partial charge in [0.25, 0.3) is 0 Å². The van der Waals surface area contributed by atoms with Crippen LogP contribution in [0.1, 0.15) is 32.1 Å². The third kappa shape index (κ3) is 7.75. The maximum Gasteiger partial charge on any atom is -0.0163 e. The van der Waals surface area contributed by atoms with Crippen LogP contribution in [0.3, 0.4) is 0 Å². The molecule has 0 aromatic rings. The second kappa shape index (κ2) is 9.26. The SMILES string of the molecule is C1=CCC=C1.C1=CCC=C1.C1=CCCC1. The number of hydrogen-bond donors (Lipinski definition) is 0. The van der Waals surface area contributed by atoms with Gasteiger partial charge >= 0.3 is 0 Å². The average molecular weight is 200 g/mol. The maximum atomic E-state index is 2.24. The maximum absolute atomic E-state index is 2.24.